The van der Waals surface area contributed by atoms with E-state index in [0.29, 0.717) is 6.10 Å². The van der Waals surface area contributed by atoms with Gasteiger partial charge in [0.25, 0.3) is 0 Å². The molecule has 0 heterocycles. The molecular formula is C14H20O. The van der Waals surface area contributed by atoms with Crippen LogP contribution in [0.15, 0.2) is 30.3 Å². The molecule has 1 nitrogen and oxygen atoms in total. The van der Waals surface area contributed by atoms with Crippen LogP contribution in [-0.4, -0.2) is 6.10 Å². The summed E-state index contributed by atoms with van der Waals surface area (Å²) in [6.45, 7) is 3.12. The molecule has 1 heteroatoms. The van der Waals surface area contributed by atoms with Gasteiger partial charge in [-0.15, -0.1) is 0 Å². The Hall–Kier alpha value is -0.820. The molecule has 0 radical (unpaired) electrons. The Kier molecular flexibility index (Phi) is 3.79. The second-order valence-corrected chi connectivity index (χ2v) is 4.68. The second kappa shape index (κ2) is 5.32. The minimum Gasteiger partial charge on any atom is -0.374 e. The molecule has 0 saturated heterocycles. The summed E-state index contributed by atoms with van der Waals surface area (Å²) in [5, 5.41) is 0. The van der Waals surface area contributed by atoms with E-state index in [1.54, 1.807) is 0 Å². The third-order valence-electron chi connectivity index (χ3n) is 3.29. The first-order valence-electron chi connectivity index (χ1n) is 6.00. The highest BCUT2D eigenvalue weighted by Crippen LogP contribution is 2.26. The average molecular weight is 204 g/mol. The zero-order valence-electron chi connectivity index (χ0n) is 9.49. The molecule has 0 bridgehead atoms. The van der Waals surface area contributed by atoms with E-state index in [-0.39, 0.29) is 0 Å². The third-order valence-corrected chi connectivity index (χ3v) is 3.29. The van der Waals surface area contributed by atoms with Gasteiger partial charge in [0.2, 0.25) is 0 Å². The van der Waals surface area contributed by atoms with E-state index >= 15 is 0 Å². The molecule has 1 fully saturated rings. The highest BCUT2D eigenvalue weighted by molar-refractivity contribution is 5.13. The van der Waals surface area contributed by atoms with Crippen molar-refractivity contribution in [1.29, 1.82) is 0 Å². The lowest BCUT2D eigenvalue weighted by atomic mass is 9.89. The summed E-state index contributed by atoms with van der Waals surface area (Å²) in [5.41, 5.74) is 1.29. The monoisotopic (exact) mass is 204 g/mol. The van der Waals surface area contributed by atoms with E-state index in [2.05, 4.69) is 31.2 Å². The van der Waals surface area contributed by atoms with Gasteiger partial charge in [-0.3, -0.25) is 0 Å². The van der Waals surface area contributed by atoms with Crippen molar-refractivity contribution >= 4 is 0 Å². The first-order chi connectivity index (χ1) is 7.34. The van der Waals surface area contributed by atoms with Crippen molar-refractivity contribution in [2.45, 2.75) is 45.3 Å². The minimum atomic E-state index is 0.501. The molecule has 0 spiro atoms. The van der Waals surface area contributed by atoms with Gasteiger partial charge < -0.3 is 4.74 Å². The normalized spacial score (nSPS) is 26.5. The Morgan fingerprint density at radius 3 is 2.40 bits per heavy atom. The van der Waals surface area contributed by atoms with Crippen molar-refractivity contribution in [3.63, 3.8) is 0 Å². The fraction of sp³-hybridized carbons (Fsp3) is 0.571. The lowest BCUT2D eigenvalue weighted by Crippen LogP contribution is -2.20. The quantitative estimate of drug-likeness (QED) is 0.728. The fourth-order valence-electron chi connectivity index (χ4n) is 2.18. The summed E-state index contributed by atoms with van der Waals surface area (Å²) in [6.07, 6.45) is 5.65. The number of rotatable bonds is 3. The largest absolute Gasteiger partial charge is 0.374 e. The molecule has 0 atom stereocenters. The molecule has 0 N–H and O–H groups in total. The SMILES string of the molecule is C[C@H]1CC[C@H](OCc2ccccc2)CC1. The van der Waals surface area contributed by atoms with Gasteiger partial charge in [-0.1, -0.05) is 37.3 Å². The fourth-order valence-corrected chi connectivity index (χ4v) is 2.18. The Morgan fingerprint density at radius 2 is 1.73 bits per heavy atom. The molecular weight excluding hydrogens is 184 g/mol. The summed E-state index contributed by atoms with van der Waals surface area (Å²) in [5.74, 6) is 0.904. The summed E-state index contributed by atoms with van der Waals surface area (Å²) in [7, 11) is 0. The van der Waals surface area contributed by atoms with E-state index in [9.17, 15) is 0 Å². The molecule has 0 unspecified atom stereocenters. The van der Waals surface area contributed by atoms with E-state index < -0.39 is 0 Å². The Balaban J connectivity index is 1.74. The van der Waals surface area contributed by atoms with Crippen LogP contribution in [0.1, 0.15) is 38.2 Å². The topological polar surface area (TPSA) is 9.23 Å². The average Bonchev–Trinajstić information content (AvgIpc) is 2.30. The number of benzene rings is 1. The lowest BCUT2D eigenvalue weighted by molar-refractivity contribution is 0.00877. The van der Waals surface area contributed by atoms with Crippen LogP contribution in [0.4, 0.5) is 0 Å². The Labute approximate surface area is 92.5 Å². The first-order valence-corrected chi connectivity index (χ1v) is 6.00. The molecule has 1 saturated carbocycles. The third kappa shape index (κ3) is 3.35. The van der Waals surface area contributed by atoms with Gasteiger partial charge in [0, 0.05) is 0 Å². The maximum atomic E-state index is 5.92. The van der Waals surface area contributed by atoms with Crippen LogP contribution in [0.25, 0.3) is 0 Å². The van der Waals surface area contributed by atoms with Crippen LogP contribution in [0, 0.1) is 5.92 Å². The first kappa shape index (κ1) is 10.7. The van der Waals surface area contributed by atoms with E-state index in [1.807, 2.05) is 6.07 Å². The van der Waals surface area contributed by atoms with Gasteiger partial charge in [-0.05, 0) is 37.2 Å². The van der Waals surface area contributed by atoms with E-state index in [0.717, 1.165) is 12.5 Å². The molecule has 1 aromatic rings. The zero-order valence-corrected chi connectivity index (χ0v) is 9.49. The molecule has 1 aliphatic carbocycles. The van der Waals surface area contributed by atoms with Crippen molar-refractivity contribution in [3.8, 4) is 0 Å². The van der Waals surface area contributed by atoms with Crippen molar-refractivity contribution in [2.75, 3.05) is 0 Å². The van der Waals surface area contributed by atoms with Crippen LogP contribution in [-0.2, 0) is 11.3 Å². The molecule has 0 aromatic heterocycles. The number of hydrogen-bond acceptors (Lipinski definition) is 1. The predicted octanol–water partition coefficient (Wildman–Crippen LogP) is 3.78. The second-order valence-electron chi connectivity index (χ2n) is 4.68. The molecule has 2 rings (SSSR count). The molecule has 15 heavy (non-hydrogen) atoms. The van der Waals surface area contributed by atoms with Crippen molar-refractivity contribution in [2.24, 2.45) is 5.92 Å². The molecule has 0 aliphatic heterocycles. The van der Waals surface area contributed by atoms with Crippen LogP contribution in [0.3, 0.4) is 0 Å². The molecule has 1 aliphatic rings. The van der Waals surface area contributed by atoms with Gasteiger partial charge in [0.05, 0.1) is 12.7 Å². The summed E-state index contributed by atoms with van der Waals surface area (Å²) >= 11 is 0. The predicted molar refractivity (Wildman–Crippen MR) is 62.7 cm³/mol. The van der Waals surface area contributed by atoms with Crippen LogP contribution in [0.2, 0.25) is 0 Å². The van der Waals surface area contributed by atoms with Crippen LogP contribution >= 0.6 is 0 Å². The molecule has 0 amide bonds. The Bertz CT molecular complexity index is 273. The smallest absolute Gasteiger partial charge is 0.0720 e. The molecule has 1 aromatic carbocycles. The standard InChI is InChI=1S/C14H20O/c1-12-7-9-14(10-8-12)15-11-13-5-3-2-4-6-13/h2-6,12,14H,7-11H2,1H3/t12-,14-. The number of ether oxygens (including phenoxy) is 1. The Morgan fingerprint density at radius 1 is 1.07 bits per heavy atom. The zero-order chi connectivity index (χ0) is 10.5. The van der Waals surface area contributed by atoms with Crippen LogP contribution < -0.4 is 0 Å². The highest BCUT2D eigenvalue weighted by Gasteiger charge is 2.18. The summed E-state index contributed by atoms with van der Waals surface area (Å²) in [4.78, 5) is 0. The molecule has 82 valence electrons. The minimum absolute atomic E-state index is 0.501. The highest BCUT2D eigenvalue weighted by atomic mass is 16.5. The van der Waals surface area contributed by atoms with E-state index in [1.165, 1.54) is 31.2 Å². The number of hydrogen-bond donors (Lipinski definition) is 0. The lowest BCUT2D eigenvalue weighted by Gasteiger charge is -2.26. The van der Waals surface area contributed by atoms with Gasteiger partial charge >= 0.3 is 0 Å². The van der Waals surface area contributed by atoms with Crippen molar-refractivity contribution in [1.82, 2.24) is 0 Å². The van der Waals surface area contributed by atoms with Gasteiger partial charge in [-0.2, -0.15) is 0 Å². The maximum Gasteiger partial charge on any atom is 0.0720 e. The summed E-state index contributed by atoms with van der Waals surface area (Å²) < 4.78 is 5.92. The van der Waals surface area contributed by atoms with Gasteiger partial charge in [0.15, 0.2) is 0 Å². The van der Waals surface area contributed by atoms with Gasteiger partial charge in [0.1, 0.15) is 0 Å². The summed E-state index contributed by atoms with van der Waals surface area (Å²) in [6, 6.07) is 10.5. The maximum absolute atomic E-state index is 5.92. The van der Waals surface area contributed by atoms with E-state index in [4.69, 9.17) is 4.74 Å². The van der Waals surface area contributed by atoms with Crippen molar-refractivity contribution < 1.29 is 4.74 Å². The van der Waals surface area contributed by atoms with Crippen LogP contribution in [0.5, 0.6) is 0 Å². The van der Waals surface area contributed by atoms with Gasteiger partial charge in [-0.25, -0.2) is 0 Å². The van der Waals surface area contributed by atoms with Crippen molar-refractivity contribution in [3.05, 3.63) is 35.9 Å².